The molecule has 2 N–H and O–H groups in total. The number of pyridine rings is 1. The second kappa shape index (κ2) is 7.01. The van der Waals surface area contributed by atoms with Crippen LogP contribution in [0.25, 0.3) is 10.8 Å². The summed E-state index contributed by atoms with van der Waals surface area (Å²) in [5, 5.41) is 1.95. The predicted octanol–water partition coefficient (Wildman–Crippen LogP) is 2.44. The molecule has 0 aliphatic rings. The molecule has 1 amide bonds. The quantitative estimate of drug-likeness (QED) is 0.821. The maximum absolute atomic E-state index is 12.5. The molecule has 1 heterocycles. The molecule has 0 saturated heterocycles. The molecule has 2 rings (SSSR count). The monoisotopic (exact) mass is 271 g/mol. The molecule has 4 heteroatoms. The Morgan fingerprint density at radius 2 is 2.00 bits per heavy atom. The molecule has 0 spiro atoms. The van der Waals surface area contributed by atoms with Crippen LogP contribution in [0.3, 0.4) is 0 Å². The zero-order chi connectivity index (χ0) is 14.4. The summed E-state index contributed by atoms with van der Waals surface area (Å²) in [6, 6.07) is 9.76. The maximum atomic E-state index is 12.5. The third kappa shape index (κ3) is 3.33. The van der Waals surface area contributed by atoms with E-state index in [1.165, 1.54) is 0 Å². The minimum atomic E-state index is -0.0189. The summed E-state index contributed by atoms with van der Waals surface area (Å²) in [5.74, 6) is -0.0189. The van der Waals surface area contributed by atoms with Crippen molar-refractivity contribution in [2.75, 3.05) is 20.1 Å². The Balaban J connectivity index is 2.10. The van der Waals surface area contributed by atoms with Crippen molar-refractivity contribution in [3.63, 3.8) is 0 Å². The molecular weight excluding hydrogens is 250 g/mol. The van der Waals surface area contributed by atoms with Gasteiger partial charge in [0.1, 0.15) is 5.69 Å². The minimum Gasteiger partial charge on any atom is -0.340 e. The number of carbonyl (C=O) groups excluding carboxylic acids is 1. The van der Waals surface area contributed by atoms with Crippen molar-refractivity contribution in [2.24, 2.45) is 5.73 Å². The maximum Gasteiger partial charge on any atom is 0.272 e. The average molecular weight is 271 g/mol. The Bertz CT molecular complexity index is 577. The van der Waals surface area contributed by atoms with Crippen molar-refractivity contribution >= 4 is 16.7 Å². The predicted molar refractivity (Wildman–Crippen MR) is 81.6 cm³/mol. The normalized spacial score (nSPS) is 10.7. The van der Waals surface area contributed by atoms with E-state index in [0.717, 1.165) is 36.6 Å². The number of benzene rings is 1. The molecule has 0 saturated carbocycles. The number of amides is 1. The highest BCUT2D eigenvalue weighted by Crippen LogP contribution is 2.17. The summed E-state index contributed by atoms with van der Waals surface area (Å²) in [6.45, 7) is 1.45. The number of rotatable bonds is 6. The topological polar surface area (TPSA) is 59.2 Å². The van der Waals surface area contributed by atoms with Crippen LogP contribution in [-0.4, -0.2) is 35.9 Å². The Kier molecular flexibility index (Phi) is 5.07. The molecule has 2 aromatic rings. The summed E-state index contributed by atoms with van der Waals surface area (Å²) < 4.78 is 0. The molecule has 0 radical (unpaired) electrons. The largest absolute Gasteiger partial charge is 0.340 e. The van der Waals surface area contributed by atoms with E-state index < -0.39 is 0 Å². The Hall–Kier alpha value is -1.94. The molecule has 20 heavy (non-hydrogen) atoms. The first-order valence-corrected chi connectivity index (χ1v) is 7.03. The van der Waals surface area contributed by atoms with Crippen LogP contribution in [0.5, 0.6) is 0 Å². The lowest BCUT2D eigenvalue weighted by Gasteiger charge is -2.17. The zero-order valence-electron chi connectivity index (χ0n) is 11.9. The van der Waals surface area contributed by atoms with Gasteiger partial charge in [-0.05, 0) is 30.8 Å². The highest BCUT2D eigenvalue weighted by atomic mass is 16.2. The smallest absolute Gasteiger partial charge is 0.272 e. The van der Waals surface area contributed by atoms with Crippen molar-refractivity contribution < 1.29 is 4.79 Å². The van der Waals surface area contributed by atoms with Gasteiger partial charge in [-0.2, -0.15) is 0 Å². The van der Waals surface area contributed by atoms with E-state index in [0.29, 0.717) is 12.2 Å². The van der Waals surface area contributed by atoms with Crippen LogP contribution in [-0.2, 0) is 0 Å². The van der Waals surface area contributed by atoms with E-state index in [4.69, 9.17) is 5.73 Å². The Labute approximate surface area is 119 Å². The number of unbranched alkanes of at least 4 members (excludes halogenated alkanes) is 2. The van der Waals surface area contributed by atoms with E-state index >= 15 is 0 Å². The first kappa shape index (κ1) is 14.5. The fourth-order valence-corrected chi connectivity index (χ4v) is 2.24. The zero-order valence-corrected chi connectivity index (χ0v) is 11.9. The van der Waals surface area contributed by atoms with Gasteiger partial charge in [-0.3, -0.25) is 9.78 Å². The van der Waals surface area contributed by atoms with Crippen LogP contribution in [0, 0.1) is 0 Å². The van der Waals surface area contributed by atoms with Gasteiger partial charge in [0.25, 0.3) is 5.91 Å². The molecule has 0 bridgehead atoms. The lowest BCUT2D eigenvalue weighted by Crippen LogP contribution is -2.28. The van der Waals surface area contributed by atoms with E-state index in [1.54, 1.807) is 11.1 Å². The van der Waals surface area contributed by atoms with E-state index in [1.807, 2.05) is 37.4 Å². The van der Waals surface area contributed by atoms with E-state index in [2.05, 4.69) is 4.98 Å². The highest BCUT2D eigenvalue weighted by molar-refractivity contribution is 6.04. The van der Waals surface area contributed by atoms with Gasteiger partial charge in [0, 0.05) is 25.2 Å². The third-order valence-electron chi connectivity index (χ3n) is 3.42. The lowest BCUT2D eigenvalue weighted by atomic mass is 10.1. The number of hydrogen-bond acceptors (Lipinski definition) is 3. The first-order valence-electron chi connectivity index (χ1n) is 7.03. The van der Waals surface area contributed by atoms with Crippen LogP contribution >= 0.6 is 0 Å². The van der Waals surface area contributed by atoms with Crippen molar-refractivity contribution in [2.45, 2.75) is 19.3 Å². The molecule has 1 aromatic heterocycles. The number of nitrogens with zero attached hydrogens (tertiary/aromatic N) is 2. The molecule has 0 aliphatic heterocycles. The molecule has 106 valence electrons. The molecule has 0 fully saturated rings. The summed E-state index contributed by atoms with van der Waals surface area (Å²) >= 11 is 0. The van der Waals surface area contributed by atoms with Crippen molar-refractivity contribution in [3.05, 3.63) is 42.2 Å². The molecule has 4 nitrogen and oxygen atoms in total. The van der Waals surface area contributed by atoms with Gasteiger partial charge >= 0.3 is 0 Å². The Morgan fingerprint density at radius 1 is 1.20 bits per heavy atom. The van der Waals surface area contributed by atoms with Crippen molar-refractivity contribution in [1.82, 2.24) is 9.88 Å². The fourth-order valence-electron chi connectivity index (χ4n) is 2.24. The van der Waals surface area contributed by atoms with Crippen molar-refractivity contribution in [3.8, 4) is 0 Å². The van der Waals surface area contributed by atoms with Gasteiger partial charge in [-0.25, -0.2) is 0 Å². The van der Waals surface area contributed by atoms with Crippen LogP contribution in [0.4, 0.5) is 0 Å². The Morgan fingerprint density at radius 3 is 2.80 bits per heavy atom. The van der Waals surface area contributed by atoms with E-state index in [-0.39, 0.29) is 5.91 Å². The summed E-state index contributed by atoms with van der Waals surface area (Å²) in [6.07, 6.45) is 4.73. The summed E-state index contributed by atoms with van der Waals surface area (Å²) in [5.41, 5.74) is 6.00. The molecule has 0 unspecified atom stereocenters. The second-order valence-corrected chi connectivity index (χ2v) is 4.96. The number of fused-ring (bicyclic) bond motifs is 1. The van der Waals surface area contributed by atoms with E-state index in [9.17, 15) is 4.79 Å². The van der Waals surface area contributed by atoms with Crippen molar-refractivity contribution in [1.29, 1.82) is 0 Å². The van der Waals surface area contributed by atoms with Crippen LogP contribution in [0.15, 0.2) is 36.5 Å². The first-order chi connectivity index (χ1) is 9.74. The SMILES string of the molecule is CN(CCCCCN)C(=O)c1nccc2ccccc12. The molecular formula is C16H21N3O. The second-order valence-electron chi connectivity index (χ2n) is 4.96. The summed E-state index contributed by atoms with van der Waals surface area (Å²) in [4.78, 5) is 18.5. The van der Waals surface area contributed by atoms with Gasteiger partial charge in [0.05, 0.1) is 0 Å². The molecule has 0 aliphatic carbocycles. The number of hydrogen-bond donors (Lipinski definition) is 1. The van der Waals surface area contributed by atoms with Gasteiger partial charge < -0.3 is 10.6 Å². The van der Waals surface area contributed by atoms with Gasteiger partial charge in [0.15, 0.2) is 0 Å². The third-order valence-corrected chi connectivity index (χ3v) is 3.42. The standard InChI is InChI=1S/C16H21N3O/c1-19(12-6-2-5-10-17)16(20)15-14-8-4-3-7-13(14)9-11-18-15/h3-4,7-9,11H,2,5-6,10,12,17H2,1H3. The number of aromatic nitrogens is 1. The van der Waals surface area contributed by atoms with Gasteiger partial charge in [0.2, 0.25) is 0 Å². The lowest BCUT2D eigenvalue weighted by molar-refractivity contribution is 0.0789. The minimum absolute atomic E-state index is 0.0189. The fraction of sp³-hybridized carbons (Fsp3) is 0.375. The van der Waals surface area contributed by atoms with Crippen LogP contribution in [0.1, 0.15) is 29.8 Å². The summed E-state index contributed by atoms with van der Waals surface area (Å²) in [7, 11) is 1.83. The van der Waals surface area contributed by atoms with Gasteiger partial charge in [-0.15, -0.1) is 0 Å². The molecule has 1 aromatic carbocycles. The number of nitrogens with two attached hydrogens (primary N) is 1. The molecule has 0 atom stereocenters. The number of carbonyl (C=O) groups is 1. The average Bonchev–Trinajstić information content (AvgIpc) is 2.50. The highest BCUT2D eigenvalue weighted by Gasteiger charge is 2.15. The van der Waals surface area contributed by atoms with Crippen LogP contribution < -0.4 is 5.73 Å². The van der Waals surface area contributed by atoms with Crippen LogP contribution in [0.2, 0.25) is 0 Å². The van der Waals surface area contributed by atoms with Gasteiger partial charge in [-0.1, -0.05) is 30.7 Å².